The van der Waals surface area contributed by atoms with Gasteiger partial charge in [0.2, 0.25) is 0 Å². The van der Waals surface area contributed by atoms with Crippen LogP contribution in [0.3, 0.4) is 0 Å². The smallest absolute Gasteiger partial charge is 0.406 e. The molecular formula is C30H36F4N4O5S. The predicted molar refractivity (Wildman–Crippen MR) is 160 cm³/mol. The normalized spacial score (nSPS) is 15.5. The van der Waals surface area contributed by atoms with Gasteiger partial charge in [-0.05, 0) is 43.0 Å². The number of fused-ring (bicyclic) bond motifs is 1. The molecule has 1 aliphatic heterocycles. The summed E-state index contributed by atoms with van der Waals surface area (Å²) in [6.07, 6.45) is -2.53. The van der Waals surface area contributed by atoms with Gasteiger partial charge in [0, 0.05) is 56.2 Å². The van der Waals surface area contributed by atoms with Gasteiger partial charge in [-0.1, -0.05) is 12.0 Å². The maximum absolute atomic E-state index is 14.7. The zero-order chi connectivity index (χ0) is 32.1. The second-order valence-electron chi connectivity index (χ2n) is 10.7. The highest BCUT2D eigenvalue weighted by Gasteiger charge is 2.30. The van der Waals surface area contributed by atoms with Crippen molar-refractivity contribution in [3.63, 3.8) is 0 Å². The van der Waals surface area contributed by atoms with Crippen molar-refractivity contribution in [2.75, 3.05) is 63.9 Å². The molecule has 44 heavy (non-hydrogen) atoms. The maximum Gasteiger partial charge on any atom is 0.406 e. The van der Waals surface area contributed by atoms with E-state index in [1.54, 1.807) is 25.3 Å². The Hall–Kier alpha value is -3.51. The van der Waals surface area contributed by atoms with Crippen molar-refractivity contribution in [2.24, 2.45) is 0 Å². The number of likely N-dealkylation sites (tertiary alicyclic amines) is 1. The number of sulfone groups is 1. The minimum atomic E-state index is -4.50. The number of ether oxygens (including phenoxy) is 2. The van der Waals surface area contributed by atoms with E-state index < -0.39 is 34.5 Å². The number of nitrogens with one attached hydrogen (secondary N) is 2. The first-order chi connectivity index (χ1) is 20.8. The molecule has 3 N–H and O–H groups in total. The van der Waals surface area contributed by atoms with Gasteiger partial charge < -0.3 is 34.7 Å². The van der Waals surface area contributed by atoms with Crippen molar-refractivity contribution in [2.45, 2.75) is 42.6 Å². The molecule has 0 saturated carbocycles. The molecule has 0 aliphatic carbocycles. The molecule has 0 spiro atoms. The summed E-state index contributed by atoms with van der Waals surface area (Å²) in [5.74, 6) is 4.60. The lowest BCUT2D eigenvalue weighted by Crippen LogP contribution is -2.43. The number of aliphatic hydroxyl groups is 1. The van der Waals surface area contributed by atoms with E-state index in [4.69, 9.17) is 9.47 Å². The summed E-state index contributed by atoms with van der Waals surface area (Å²) in [6, 6.07) is 8.87. The van der Waals surface area contributed by atoms with Crippen LogP contribution in [0.4, 0.5) is 28.9 Å². The Labute approximate surface area is 254 Å². The molecule has 1 saturated heterocycles. The second kappa shape index (κ2) is 14.1. The lowest BCUT2D eigenvalue weighted by Gasteiger charge is -2.34. The number of nitrogens with zero attached hydrogens (tertiary/aromatic N) is 2. The number of piperidine rings is 1. The average Bonchev–Trinajstić information content (AvgIpc) is 3.28. The van der Waals surface area contributed by atoms with Crippen LogP contribution in [0.15, 0.2) is 41.3 Å². The van der Waals surface area contributed by atoms with Gasteiger partial charge in [-0.3, -0.25) is 0 Å². The third-order valence-electron chi connectivity index (χ3n) is 7.30. The van der Waals surface area contributed by atoms with Gasteiger partial charge in [0.25, 0.3) is 0 Å². The lowest BCUT2D eigenvalue weighted by atomic mass is 10.0. The molecule has 1 atom stereocenters. The first-order valence-corrected chi connectivity index (χ1v) is 15.8. The average molecular weight is 641 g/mol. The van der Waals surface area contributed by atoms with Gasteiger partial charge in [-0.2, -0.15) is 13.2 Å². The van der Waals surface area contributed by atoms with Crippen LogP contribution in [-0.2, 0) is 21.1 Å². The molecule has 240 valence electrons. The van der Waals surface area contributed by atoms with Gasteiger partial charge in [0.15, 0.2) is 15.7 Å². The number of rotatable bonds is 11. The minimum Gasteiger partial charge on any atom is -0.494 e. The van der Waals surface area contributed by atoms with Crippen molar-refractivity contribution in [3.8, 4) is 17.6 Å². The number of anilines is 2. The summed E-state index contributed by atoms with van der Waals surface area (Å²) in [5.41, 5.74) is 1.08. The molecule has 3 aromatic rings. The minimum absolute atomic E-state index is 0.0499. The number of alkyl halides is 3. The summed E-state index contributed by atoms with van der Waals surface area (Å²) >= 11 is 0. The highest BCUT2D eigenvalue weighted by molar-refractivity contribution is 7.90. The highest BCUT2D eigenvalue weighted by atomic mass is 32.2. The largest absolute Gasteiger partial charge is 0.494 e. The molecule has 0 radical (unpaired) electrons. The Balaban J connectivity index is 1.54. The van der Waals surface area contributed by atoms with Crippen molar-refractivity contribution in [1.29, 1.82) is 0 Å². The fourth-order valence-corrected chi connectivity index (χ4v) is 5.90. The third kappa shape index (κ3) is 8.56. The fourth-order valence-electron chi connectivity index (χ4n) is 5.26. The van der Waals surface area contributed by atoms with Crippen LogP contribution in [0.2, 0.25) is 0 Å². The van der Waals surface area contributed by atoms with Crippen LogP contribution in [0.5, 0.6) is 5.75 Å². The summed E-state index contributed by atoms with van der Waals surface area (Å²) in [6.45, 7) is 0.903. The van der Waals surface area contributed by atoms with E-state index in [1.807, 2.05) is 6.07 Å². The number of hydrogen-bond acceptors (Lipinski definition) is 8. The molecule has 1 fully saturated rings. The van der Waals surface area contributed by atoms with Gasteiger partial charge in [-0.25, -0.2) is 12.8 Å². The molecular weight excluding hydrogens is 604 g/mol. The van der Waals surface area contributed by atoms with Crippen molar-refractivity contribution in [1.82, 2.24) is 9.47 Å². The SMILES string of the molecule is COCC(O)CN1CCC(Nc2cccc3c2cc(C#CCNc2c(F)cc(S(C)(=O)=O)cc2OC)n3CC(F)(F)F)CC1. The number of β-amino-alcohol motifs (C(OH)–C–C–N with tert-alkyl or cyclic N) is 1. The Morgan fingerprint density at radius 2 is 1.89 bits per heavy atom. The first kappa shape index (κ1) is 33.4. The van der Waals surface area contributed by atoms with Crippen LogP contribution >= 0.6 is 0 Å². The van der Waals surface area contributed by atoms with Gasteiger partial charge in [-0.15, -0.1) is 0 Å². The molecule has 2 aromatic carbocycles. The first-order valence-electron chi connectivity index (χ1n) is 13.9. The molecule has 2 heterocycles. The summed E-state index contributed by atoms with van der Waals surface area (Å²) in [4.78, 5) is 1.90. The van der Waals surface area contributed by atoms with Crippen molar-refractivity contribution >= 4 is 32.1 Å². The van der Waals surface area contributed by atoms with E-state index in [-0.39, 0.29) is 41.2 Å². The van der Waals surface area contributed by atoms with E-state index in [1.165, 1.54) is 13.2 Å². The predicted octanol–water partition coefficient (Wildman–Crippen LogP) is 4.10. The molecule has 14 heteroatoms. The zero-order valence-corrected chi connectivity index (χ0v) is 25.5. The number of hydrogen-bond donors (Lipinski definition) is 3. The molecule has 1 aromatic heterocycles. The van der Waals surface area contributed by atoms with E-state index >= 15 is 0 Å². The summed E-state index contributed by atoms with van der Waals surface area (Å²) in [5, 5.41) is 16.8. The van der Waals surface area contributed by atoms with Crippen molar-refractivity contribution < 1.29 is 40.6 Å². The van der Waals surface area contributed by atoms with Crippen LogP contribution in [0.25, 0.3) is 10.9 Å². The molecule has 1 unspecified atom stereocenters. The topological polar surface area (TPSA) is 105 Å². The number of methoxy groups -OCH3 is 2. The highest BCUT2D eigenvalue weighted by Crippen LogP contribution is 2.32. The molecule has 4 rings (SSSR count). The summed E-state index contributed by atoms with van der Waals surface area (Å²) in [7, 11) is -0.882. The van der Waals surface area contributed by atoms with E-state index in [2.05, 4.69) is 27.4 Å². The molecule has 0 bridgehead atoms. The molecule has 1 aliphatic rings. The number of aromatic nitrogens is 1. The Bertz CT molecular complexity index is 1620. The van der Waals surface area contributed by atoms with Gasteiger partial charge in [0.05, 0.1) is 42.5 Å². The Morgan fingerprint density at radius 3 is 2.52 bits per heavy atom. The van der Waals surface area contributed by atoms with E-state index in [0.29, 0.717) is 23.1 Å². The van der Waals surface area contributed by atoms with E-state index in [0.717, 1.165) is 42.8 Å². The maximum atomic E-state index is 14.7. The van der Waals surface area contributed by atoms with Gasteiger partial charge in [0.1, 0.15) is 18.0 Å². The lowest BCUT2D eigenvalue weighted by molar-refractivity contribution is -0.140. The van der Waals surface area contributed by atoms with Crippen LogP contribution < -0.4 is 15.4 Å². The third-order valence-corrected chi connectivity index (χ3v) is 8.40. The van der Waals surface area contributed by atoms with Crippen LogP contribution in [-0.4, -0.2) is 94.6 Å². The zero-order valence-electron chi connectivity index (χ0n) is 24.7. The number of halogens is 4. The standard InChI is InChI=1S/C30H36F4N4O5S/c1-42-18-22(39)17-37-12-9-20(10-13-37)36-26-7-4-8-27-24(26)14-21(38(27)19-30(32,33)34)6-5-11-35-29-25(31)15-23(44(3,40)41)16-28(29)43-2/h4,7-8,14-16,20,22,35-36,39H,9-13,17-19H2,1-3H3. The van der Waals surface area contributed by atoms with Gasteiger partial charge >= 0.3 is 6.18 Å². The number of benzene rings is 2. The Kier molecular flexibility index (Phi) is 10.7. The van der Waals surface area contributed by atoms with E-state index in [9.17, 15) is 31.1 Å². The van der Waals surface area contributed by atoms with Crippen LogP contribution in [0, 0.1) is 17.7 Å². The Morgan fingerprint density at radius 1 is 1.16 bits per heavy atom. The molecule has 0 amide bonds. The quantitative estimate of drug-likeness (QED) is 0.213. The molecule has 9 nitrogen and oxygen atoms in total. The summed E-state index contributed by atoms with van der Waals surface area (Å²) < 4.78 is 90.4. The van der Waals surface area contributed by atoms with Crippen molar-refractivity contribution in [3.05, 3.63) is 47.9 Å². The second-order valence-corrected chi connectivity index (χ2v) is 12.7. The monoisotopic (exact) mass is 640 g/mol. The van der Waals surface area contributed by atoms with Crippen LogP contribution in [0.1, 0.15) is 18.5 Å². The number of aliphatic hydroxyl groups excluding tert-OH is 1. The fraction of sp³-hybridized carbons (Fsp3) is 0.467.